The van der Waals surface area contributed by atoms with Gasteiger partial charge in [0.1, 0.15) is 0 Å². The van der Waals surface area contributed by atoms with Crippen molar-refractivity contribution in [1.82, 2.24) is 9.80 Å². The number of hydrogen-bond acceptors (Lipinski definition) is 3. The summed E-state index contributed by atoms with van der Waals surface area (Å²) >= 11 is 0. The fourth-order valence-electron chi connectivity index (χ4n) is 2.24. The molecule has 3 nitrogen and oxygen atoms in total. The lowest BCUT2D eigenvalue weighted by atomic mass is 10.0. The second-order valence-electron chi connectivity index (χ2n) is 4.70. The molecule has 15 heavy (non-hydrogen) atoms. The molecular formula is C12H26N2O. The second kappa shape index (κ2) is 6.46. The quantitative estimate of drug-likeness (QED) is 0.744. The first kappa shape index (κ1) is 12.9. The Morgan fingerprint density at radius 3 is 2.13 bits per heavy atom. The van der Waals surface area contributed by atoms with Crippen LogP contribution in [0.4, 0.5) is 0 Å². The number of aliphatic hydroxyl groups excluding tert-OH is 1. The van der Waals surface area contributed by atoms with Crippen molar-refractivity contribution < 1.29 is 5.11 Å². The van der Waals surface area contributed by atoms with E-state index in [2.05, 4.69) is 30.7 Å². The Labute approximate surface area is 94.1 Å². The Morgan fingerprint density at radius 2 is 1.67 bits per heavy atom. The average molecular weight is 214 g/mol. The first-order chi connectivity index (χ1) is 7.17. The predicted molar refractivity (Wildman–Crippen MR) is 64.1 cm³/mol. The van der Waals surface area contributed by atoms with Crippen LogP contribution in [0.25, 0.3) is 0 Å². The number of aliphatic hydroxyl groups is 1. The second-order valence-corrected chi connectivity index (χ2v) is 4.70. The summed E-state index contributed by atoms with van der Waals surface area (Å²) in [6.45, 7) is 8.93. The molecule has 3 heteroatoms. The highest BCUT2D eigenvalue weighted by Gasteiger charge is 2.22. The van der Waals surface area contributed by atoms with Crippen molar-refractivity contribution in [3.8, 4) is 0 Å². The van der Waals surface area contributed by atoms with Crippen LogP contribution in [-0.4, -0.2) is 60.3 Å². The molecule has 90 valence electrons. The van der Waals surface area contributed by atoms with Gasteiger partial charge in [-0.3, -0.25) is 4.90 Å². The van der Waals surface area contributed by atoms with Crippen LogP contribution in [0.15, 0.2) is 0 Å². The zero-order valence-corrected chi connectivity index (χ0v) is 10.4. The van der Waals surface area contributed by atoms with E-state index >= 15 is 0 Å². The fraction of sp³-hybridized carbons (Fsp3) is 1.00. The Bertz CT molecular complexity index is 167. The van der Waals surface area contributed by atoms with Crippen LogP contribution in [0.5, 0.6) is 0 Å². The molecule has 0 saturated carbocycles. The van der Waals surface area contributed by atoms with E-state index in [-0.39, 0.29) is 6.10 Å². The van der Waals surface area contributed by atoms with Crippen LogP contribution in [0.2, 0.25) is 0 Å². The summed E-state index contributed by atoms with van der Waals surface area (Å²) in [7, 11) is 2.18. The molecule has 0 aliphatic carbocycles. The molecule has 0 aromatic heterocycles. The van der Waals surface area contributed by atoms with Crippen molar-refractivity contribution in [3.63, 3.8) is 0 Å². The van der Waals surface area contributed by atoms with Gasteiger partial charge >= 0.3 is 0 Å². The highest BCUT2D eigenvalue weighted by molar-refractivity contribution is 4.78. The summed E-state index contributed by atoms with van der Waals surface area (Å²) < 4.78 is 0. The largest absolute Gasteiger partial charge is 0.393 e. The molecule has 1 heterocycles. The van der Waals surface area contributed by atoms with Gasteiger partial charge in [-0.15, -0.1) is 0 Å². The molecule has 1 aliphatic heterocycles. The van der Waals surface area contributed by atoms with Crippen LogP contribution in [-0.2, 0) is 0 Å². The van der Waals surface area contributed by atoms with E-state index in [0.29, 0.717) is 6.04 Å². The maximum Gasteiger partial charge on any atom is 0.0552 e. The monoisotopic (exact) mass is 214 g/mol. The molecule has 0 aromatic rings. The Balaban J connectivity index is 2.37. The lowest BCUT2D eigenvalue weighted by molar-refractivity contribution is 0.0655. The van der Waals surface area contributed by atoms with Gasteiger partial charge in [-0.2, -0.15) is 0 Å². The van der Waals surface area contributed by atoms with Crippen LogP contribution >= 0.6 is 0 Å². The molecule has 0 aromatic carbocycles. The van der Waals surface area contributed by atoms with E-state index in [1.54, 1.807) is 0 Å². The maximum absolute atomic E-state index is 9.71. The van der Waals surface area contributed by atoms with Gasteiger partial charge in [-0.05, 0) is 26.3 Å². The third-order valence-corrected chi connectivity index (χ3v) is 3.54. The molecule has 1 fully saturated rings. The van der Waals surface area contributed by atoms with Gasteiger partial charge in [0.15, 0.2) is 0 Å². The fourth-order valence-corrected chi connectivity index (χ4v) is 2.24. The van der Waals surface area contributed by atoms with Gasteiger partial charge in [-0.1, -0.05) is 13.8 Å². The van der Waals surface area contributed by atoms with Crippen molar-refractivity contribution in [2.45, 2.75) is 45.3 Å². The summed E-state index contributed by atoms with van der Waals surface area (Å²) in [4.78, 5) is 4.92. The molecule has 0 bridgehead atoms. The number of likely N-dealkylation sites (N-methyl/N-ethyl adjacent to an activating group) is 1. The first-order valence-electron chi connectivity index (χ1n) is 6.28. The third kappa shape index (κ3) is 4.09. The van der Waals surface area contributed by atoms with Gasteiger partial charge < -0.3 is 10.0 Å². The smallest absolute Gasteiger partial charge is 0.0552 e. The lowest BCUT2D eigenvalue weighted by Gasteiger charge is -2.38. The van der Waals surface area contributed by atoms with E-state index in [1.165, 1.54) is 13.1 Å². The van der Waals surface area contributed by atoms with Gasteiger partial charge in [0.25, 0.3) is 0 Å². The van der Waals surface area contributed by atoms with E-state index in [4.69, 9.17) is 0 Å². The van der Waals surface area contributed by atoms with Crippen LogP contribution in [0, 0.1) is 0 Å². The molecule has 0 amide bonds. The topological polar surface area (TPSA) is 26.7 Å². The zero-order chi connectivity index (χ0) is 11.3. The Kier molecular flexibility index (Phi) is 5.58. The summed E-state index contributed by atoms with van der Waals surface area (Å²) in [6.07, 6.45) is 2.86. The Hall–Kier alpha value is -0.120. The molecule has 0 radical (unpaired) electrons. The van der Waals surface area contributed by atoms with Gasteiger partial charge in [0.2, 0.25) is 0 Å². The van der Waals surface area contributed by atoms with Crippen LogP contribution < -0.4 is 0 Å². The minimum atomic E-state index is -0.116. The zero-order valence-electron chi connectivity index (χ0n) is 10.4. The van der Waals surface area contributed by atoms with Crippen molar-refractivity contribution in [1.29, 1.82) is 0 Å². The standard InChI is InChI=1S/C12H26N2O/c1-4-11(10-12(15)5-2)14-8-6-13(3)7-9-14/h11-12,15H,4-10H2,1-3H3. The molecule has 1 rings (SSSR count). The number of hydrogen-bond donors (Lipinski definition) is 1. The summed E-state index contributed by atoms with van der Waals surface area (Å²) in [5, 5.41) is 9.71. The van der Waals surface area contributed by atoms with E-state index in [1.807, 2.05) is 0 Å². The minimum Gasteiger partial charge on any atom is -0.393 e. The molecule has 1 aliphatic rings. The molecule has 2 unspecified atom stereocenters. The predicted octanol–water partition coefficient (Wildman–Crippen LogP) is 1.17. The molecule has 2 atom stereocenters. The summed E-state index contributed by atoms with van der Waals surface area (Å²) in [6, 6.07) is 0.577. The highest BCUT2D eigenvalue weighted by Crippen LogP contribution is 2.14. The van der Waals surface area contributed by atoms with E-state index < -0.39 is 0 Å². The van der Waals surface area contributed by atoms with E-state index in [0.717, 1.165) is 32.4 Å². The van der Waals surface area contributed by atoms with Crippen LogP contribution in [0.1, 0.15) is 33.1 Å². The van der Waals surface area contributed by atoms with Gasteiger partial charge in [-0.25, -0.2) is 0 Å². The number of nitrogens with zero attached hydrogens (tertiary/aromatic N) is 2. The Morgan fingerprint density at radius 1 is 1.07 bits per heavy atom. The summed E-state index contributed by atoms with van der Waals surface area (Å²) in [5.41, 5.74) is 0. The maximum atomic E-state index is 9.71. The number of piperazine rings is 1. The van der Waals surface area contributed by atoms with E-state index in [9.17, 15) is 5.11 Å². The van der Waals surface area contributed by atoms with Crippen molar-refractivity contribution in [2.24, 2.45) is 0 Å². The third-order valence-electron chi connectivity index (χ3n) is 3.54. The summed E-state index contributed by atoms with van der Waals surface area (Å²) in [5.74, 6) is 0. The van der Waals surface area contributed by atoms with Gasteiger partial charge in [0.05, 0.1) is 6.10 Å². The van der Waals surface area contributed by atoms with Crippen molar-refractivity contribution >= 4 is 0 Å². The normalized spacial score (nSPS) is 24.0. The SMILES string of the molecule is CCC(O)CC(CC)N1CCN(C)CC1. The van der Waals surface area contributed by atoms with Crippen molar-refractivity contribution in [2.75, 3.05) is 33.2 Å². The lowest BCUT2D eigenvalue weighted by Crippen LogP contribution is -2.49. The molecule has 1 N–H and O–H groups in total. The molecule has 0 spiro atoms. The average Bonchev–Trinajstić information content (AvgIpc) is 2.27. The number of rotatable bonds is 5. The van der Waals surface area contributed by atoms with Crippen LogP contribution in [0.3, 0.4) is 0 Å². The van der Waals surface area contributed by atoms with Crippen molar-refractivity contribution in [3.05, 3.63) is 0 Å². The van der Waals surface area contributed by atoms with Gasteiger partial charge in [0, 0.05) is 32.2 Å². The molecular weight excluding hydrogens is 188 g/mol. The molecule has 1 saturated heterocycles. The first-order valence-corrected chi connectivity index (χ1v) is 6.28. The minimum absolute atomic E-state index is 0.116. The highest BCUT2D eigenvalue weighted by atomic mass is 16.3.